The lowest BCUT2D eigenvalue weighted by atomic mass is 10.1. The van der Waals surface area contributed by atoms with Crippen LogP contribution in [0.25, 0.3) is 0 Å². The lowest BCUT2D eigenvalue weighted by Gasteiger charge is -2.24. The van der Waals surface area contributed by atoms with Gasteiger partial charge in [0, 0.05) is 26.1 Å². The molecule has 1 saturated heterocycles. The highest BCUT2D eigenvalue weighted by molar-refractivity contribution is 7.92. The van der Waals surface area contributed by atoms with E-state index in [2.05, 4.69) is 22.3 Å². The third-order valence-electron chi connectivity index (χ3n) is 5.61. The number of rotatable bonds is 11. The monoisotopic (exact) mass is 459 g/mol. The number of amides is 1. The minimum atomic E-state index is -3.50. The van der Waals surface area contributed by atoms with Crippen molar-refractivity contribution in [1.82, 2.24) is 10.2 Å². The normalized spacial score (nSPS) is 14.3. The first kappa shape index (κ1) is 24.1. The number of benzene rings is 2. The number of hydrogen-bond acceptors (Lipinski definition) is 5. The van der Waals surface area contributed by atoms with E-state index in [0.29, 0.717) is 24.4 Å². The molecule has 0 bridgehead atoms. The van der Waals surface area contributed by atoms with Crippen LogP contribution < -0.4 is 14.4 Å². The minimum Gasteiger partial charge on any atom is -0.495 e. The number of anilines is 1. The van der Waals surface area contributed by atoms with Gasteiger partial charge in [-0.15, -0.1) is 0 Å². The summed E-state index contributed by atoms with van der Waals surface area (Å²) in [7, 11) is -1.99. The maximum absolute atomic E-state index is 12.4. The Labute approximate surface area is 191 Å². The summed E-state index contributed by atoms with van der Waals surface area (Å²) in [4.78, 5) is 14.8. The van der Waals surface area contributed by atoms with Crippen LogP contribution in [-0.2, 0) is 27.9 Å². The number of hydrogen-bond donors (Lipinski definition) is 1. The van der Waals surface area contributed by atoms with Gasteiger partial charge >= 0.3 is 0 Å². The second-order valence-corrected chi connectivity index (χ2v) is 10.1. The Morgan fingerprint density at radius 2 is 1.81 bits per heavy atom. The van der Waals surface area contributed by atoms with Crippen molar-refractivity contribution < 1.29 is 17.9 Å². The van der Waals surface area contributed by atoms with E-state index in [1.165, 1.54) is 29.8 Å². The molecule has 0 aromatic heterocycles. The highest BCUT2D eigenvalue weighted by atomic mass is 32.2. The van der Waals surface area contributed by atoms with Gasteiger partial charge in [-0.1, -0.05) is 36.4 Å². The van der Waals surface area contributed by atoms with Gasteiger partial charge in [0.1, 0.15) is 5.75 Å². The van der Waals surface area contributed by atoms with Gasteiger partial charge in [0.15, 0.2) is 0 Å². The summed E-state index contributed by atoms with van der Waals surface area (Å²) < 4.78 is 31.2. The molecule has 0 aliphatic carbocycles. The summed E-state index contributed by atoms with van der Waals surface area (Å²) in [5.41, 5.74) is 2.81. The highest BCUT2D eigenvalue weighted by Crippen LogP contribution is 2.29. The number of ether oxygens (including phenoxy) is 1. The van der Waals surface area contributed by atoms with Gasteiger partial charge in [0.2, 0.25) is 15.9 Å². The topological polar surface area (TPSA) is 79.0 Å². The van der Waals surface area contributed by atoms with E-state index >= 15 is 0 Å². The van der Waals surface area contributed by atoms with E-state index < -0.39 is 10.0 Å². The van der Waals surface area contributed by atoms with Gasteiger partial charge in [0.05, 0.1) is 19.1 Å². The quantitative estimate of drug-likeness (QED) is 0.558. The van der Waals surface area contributed by atoms with E-state index in [9.17, 15) is 13.2 Å². The summed E-state index contributed by atoms with van der Waals surface area (Å²) in [5, 5.41) is 2.95. The molecule has 0 spiro atoms. The SMILES string of the molecule is COc1ccccc1N(CCCC(=O)NCc1cccc(CN2CCCC2)c1)S(C)(=O)=O. The summed E-state index contributed by atoms with van der Waals surface area (Å²) >= 11 is 0. The number of carbonyl (C=O) groups excluding carboxylic acids is 1. The van der Waals surface area contributed by atoms with Crippen molar-refractivity contribution in [3.8, 4) is 5.75 Å². The Morgan fingerprint density at radius 1 is 1.09 bits per heavy atom. The smallest absolute Gasteiger partial charge is 0.232 e. The van der Waals surface area contributed by atoms with Gasteiger partial charge in [-0.2, -0.15) is 0 Å². The fraction of sp³-hybridized carbons (Fsp3) is 0.458. The van der Waals surface area contributed by atoms with Crippen molar-refractivity contribution in [3.05, 3.63) is 59.7 Å². The Morgan fingerprint density at radius 3 is 2.53 bits per heavy atom. The molecule has 0 atom stereocenters. The molecule has 7 nitrogen and oxygen atoms in total. The molecule has 1 heterocycles. The average molecular weight is 460 g/mol. The number of likely N-dealkylation sites (tertiary alicyclic amines) is 1. The maximum Gasteiger partial charge on any atom is 0.232 e. The Bertz CT molecular complexity index is 1000. The van der Waals surface area contributed by atoms with E-state index in [1.807, 2.05) is 12.1 Å². The molecule has 0 unspecified atom stereocenters. The van der Waals surface area contributed by atoms with Crippen molar-refractivity contribution in [3.63, 3.8) is 0 Å². The van der Waals surface area contributed by atoms with Crippen LogP contribution in [0.3, 0.4) is 0 Å². The lowest BCUT2D eigenvalue weighted by molar-refractivity contribution is -0.121. The third kappa shape index (κ3) is 6.97. The molecule has 3 rings (SSSR count). The van der Waals surface area contributed by atoms with E-state index in [4.69, 9.17) is 4.74 Å². The van der Waals surface area contributed by atoms with Crippen molar-refractivity contribution in [2.24, 2.45) is 0 Å². The first-order chi connectivity index (χ1) is 15.4. The first-order valence-electron chi connectivity index (χ1n) is 11.0. The van der Waals surface area contributed by atoms with Crippen LogP contribution in [0.1, 0.15) is 36.8 Å². The second kappa shape index (κ2) is 11.3. The molecule has 2 aromatic carbocycles. The summed E-state index contributed by atoms with van der Waals surface area (Å²) in [6.07, 6.45) is 4.35. The predicted octanol–water partition coefficient (Wildman–Crippen LogP) is 3.15. The fourth-order valence-electron chi connectivity index (χ4n) is 4.01. The van der Waals surface area contributed by atoms with Crippen LogP contribution in [0.4, 0.5) is 5.69 Å². The lowest BCUT2D eigenvalue weighted by Crippen LogP contribution is -2.32. The van der Waals surface area contributed by atoms with Crippen LogP contribution in [0, 0.1) is 0 Å². The second-order valence-electron chi connectivity index (χ2n) is 8.19. The average Bonchev–Trinajstić information content (AvgIpc) is 3.28. The van der Waals surface area contributed by atoms with E-state index in [-0.39, 0.29) is 18.9 Å². The molecule has 0 radical (unpaired) electrons. The molecule has 2 aromatic rings. The zero-order valence-electron chi connectivity index (χ0n) is 18.9. The van der Waals surface area contributed by atoms with Gasteiger partial charge in [-0.25, -0.2) is 8.42 Å². The molecule has 8 heteroatoms. The van der Waals surface area contributed by atoms with Crippen LogP contribution in [0.2, 0.25) is 0 Å². The fourth-order valence-corrected chi connectivity index (χ4v) is 4.98. The number of methoxy groups -OCH3 is 1. The van der Waals surface area contributed by atoms with E-state index in [0.717, 1.165) is 31.5 Å². The summed E-state index contributed by atoms with van der Waals surface area (Å²) in [5.74, 6) is 0.389. The maximum atomic E-state index is 12.4. The molecular weight excluding hydrogens is 426 g/mol. The zero-order chi connectivity index (χ0) is 23.0. The van der Waals surface area contributed by atoms with Crippen molar-refractivity contribution >= 4 is 21.6 Å². The third-order valence-corrected chi connectivity index (χ3v) is 6.79. The number of nitrogens with zero attached hydrogens (tertiary/aromatic N) is 2. The van der Waals surface area contributed by atoms with E-state index in [1.54, 1.807) is 24.3 Å². The predicted molar refractivity (Wildman–Crippen MR) is 127 cm³/mol. The standard InChI is InChI=1S/C24H33N3O4S/c1-31-23-12-4-3-11-22(23)27(32(2,29)30)16-8-13-24(28)25-18-20-9-7-10-21(17-20)19-26-14-5-6-15-26/h3-4,7,9-12,17H,5-6,8,13-16,18-19H2,1-2H3,(H,25,28). The van der Waals surface area contributed by atoms with Crippen molar-refractivity contribution in [1.29, 1.82) is 0 Å². The van der Waals surface area contributed by atoms with Gasteiger partial charge in [-0.3, -0.25) is 14.0 Å². The molecular formula is C24H33N3O4S. The molecule has 1 fully saturated rings. The molecule has 174 valence electrons. The number of sulfonamides is 1. The summed E-state index contributed by atoms with van der Waals surface area (Å²) in [6.45, 7) is 3.93. The molecule has 1 amide bonds. The van der Waals surface area contributed by atoms with Gasteiger partial charge in [0.25, 0.3) is 0 Å². The Balaban J connectivity index is 1.50. The van der Waals surface area contributed by atoms with Crippen LogP contribution in [0.5, 0.6) is 5.75 Å². The van der Waals surface area contributed by atoms with Gasteiger partial charge in [-0.05, 0) is 55.6 Å². The molecule has 32 heavy (non-hydrogen) atoms. The number of nitrogens with one attached hydrogen (secondary N) is 1. The Hall–Kier alpha value is -2.58. The van der Waals surface area contributed by atoms with Crippen LogP contribution in [-0.4, -0.2) is 52.2 Å². The largest absolute Gasteiger partial charge is 0.495 e. The van der Waals surface area contributed by atoms with Crippen molar-refractivity contribution in [2.75, 3.05) is 37.3 Å². The molecule has 1 aliphatic heterocycles. The highest BCUT2D eigenvalue weighted by Gasteiger charge is 2.20. The molecule has 0 saturated carbocycles. The minimum absolute atomic E-state index is 0.0941. The van der Waals surface area contributed by atoms with Crippen molar-refractivity contribution in [2.45, 2.75) is 38.8 Å². The number of para-hydroxylation sites is 2. The molecule has 1 aliphatic rings. The first-order valence-corrected chi connectivity index (χ1v) is 12.9. The van der Waals surface area contributed by atoms with Gasteiger partial charge < -0.3 is 10.1 Å². The zero-order valence-corrected chi connectivity index (χ0v) is 19.7. The van der Waals surface area contributed by atoms with Crippen LogP contribution in [0.15, 0.2) is 48.5 Å². The number of carbonyl (C=O) groups is 1. The molecule has 1 N–H and O–H groups in total. The Kier molecular flexibility index (Phi) is 8.53. The summed E-state index contributed by atoms with van der Waals surface area (Å²) in [6, 6.07) is 15.3. The van der Waals surface area contributed by atoms with Crippen LogP contribution >= 0.6 is 0 Å².